The zero-order valence-corrected chi connectivity index (χ0v) is 14.9. The lowest BCUT2D eigenvalue weighted by Crippen LogP contribution is -2.42. The third-order valence-electron chi connectivity index (χ3n) is 3.58. The Morgan fingerprint density at radius 3 is 2.50 bits per heavy atom. The molecule has 0 atom stereocenters. The van der Waals surface area contributed by atoms with E-state index in [4.69, 9.17) is 9.47 Å². The first-order chi connectivity index (χ1) is 11.4. The number of nitrogens with one attached hydrogen (secondary N) is 2. The first-order valence-corrected chi connectivity index (χ1v) is 8.54. The molecule has 1 heterocycles. The minimum absolute atomic E-state index is 0.413. The average molecular weight is 335 g/mol. The number of rotatable bonds is 6. The van der Waals surface area contributed by atoms with Gasteiger partial charge in [-0.2, -0.15) is 0 Å². The number of hydrogen-bond donors (Lipinski definition) is 2. The van der Waals surface area contributed by atoms with E-state index in [-0.39, 0.29) is 0 Å². The Kier molecular flexibility index (Phi) is 6.87. The molecule has 0 saturated carbocycles. The maximum absolute atomic E-state index is 11.5. The van der Waals surface area contributed by atoms with Crippen molar-refractivity contribution in [3.63, 3.8) is 0 Å². The van der Waals surface area contributed by atoms with Gasteiger partial charge in [-0.15, -0.1) is 0 Å². The van der Waals surface area contributed by atoms with Crippen LogP contribution >= 0.6 is 0 Å². The number of piperazine rings is 1. The van der Waals surface area contributed by atoms with Crippen molar-refractivity contribution >= 4 is 6.09 Å². The number of carbonyl (C=O) groups excluding carboxylic acids is 1. The first-order valence-electron chi connectivity index (χ1n) is 8.54. The molecular formula is C18H29N3O3. The van der Waals surface area contributed by atoms with Gasteiger partial charge < -0.3 is 20.1 Å². The highest BCUT2D eigenvalue weighted by atomic mass is 16.6. The fourth-order valence-corrected chi connectivity index (χ4v) is 2.45. The van der Waals surface area contributed by atoms with Crippen LogP contribution in [0.15, 0.2) is 24.3 Å². The second-order valence-corrected chi connectivity index (χ2v) is 6.95. The Morgan fingerprint density at radius 2 is 1.88 bits per heavy atom. The van der Waals surface area contributed by atoms with Crippen LogP contribution in [-0.4, -0.2) is 55.9 Å². The molecule has 6 heteroatoms. The number of carbonyl (C=O) groups is 1. The second-order valence-electron chi connectivity index (χ2n) is 6.95. The summed E-state index contributed by atoms with van der Waals surface area (Å²) in [6.07, 6.45) is -0.419. The molecule has 1 aliphatic heterocycles. The molecule has 0 bridgehead atoms. The van der Waals surface area contributed by atoms with E-state index in [0.717, 1.165) is 38.5 Å². The van der Waals surface area contributed by atoms with Crippen LogP contribution in [0.3, 0.4) is 0 Å². The lowest BCUT2D eigenvalue weighted by molar-refractivity contribution is 0.0520. The largest absolute Gasteiger partial charge is 0.492 e. The Hall–Kier alpha value is -1.79. The SMILES string of the molecule is CC(C)(C)OC(=O)NCCOc1ccc(CN2CCNCC2)cc1. The van der Waals surface area contributed by atoms with Crippen molar-refractivity contribution in [1.29, 1.82) is 0 Å². The number of ether oxygens (including phenoxy) is 2. The van der Waals surface area contributed by atoms with Crippen molar-refractivity contribution in [1.82, 2.24) is 15.5 Å². The standard InChI is InChI=1S/C18H29N3O3/c1-18(2,3)24-17(22)20-10-13-23-16-6-4-15(5-7-16)14-21-11-8-19-9-12-21/h4-7,19H,8-14H2,1-3H3,(H,20,22). The average Bonchev–Trinajstić information content (AvgIpc) is 2.52. The smallest absolute Gasteiger partial charge is 0.407 e. The van der Waals surface area contributed by atoms with E-state index in [2.05, 4.69) is 27.7 Å². The fraction of sp³-hybridized carbons (Fsp3) is 0.611. The van der Waals surface area contributed by atoms with Crippen LogP contribution in [0.1, 0.15) is 26.3 Å². The molecule has 6 nitrogen and oxygen atoms in total. The van der Waals surface area contributed by atoms with Crippen LogP contribution in [0.2, 0.25) is 0 Å². The molecule has 0 unspecified atom stereocenters. The molecule has 2 rings (SSSR count). The lowest BCUT2D eigenvalue weighted by Gasteiger charge is -2.27. The van der Waals surface area contributed by atoms with E-state index in [0.29, 0.717) is 13.2 Å². The minimum atomic E-state index is -0.481. The predicted molar refractivity (Wildman–Crippen MR) is 94.3 cm³/mol. The molecule has 1 aromatic rings. The van der Waals surface area contributed by atoms with Gasteiger partial charge in [-0.3, -0.25) is 4.90 Å². The van der Waals surface area contributed by atoms with E-state index >= 15 is 0 Å². The Morgan fingerprint density at radius 1 is 1.21 bits per heavy atom. The number of benzene rings is 1. The zero-order valence-electron chi connectivity index (χ0n) is 14.9. The molecule has 1 aromatic carbocycles. The predicted octanol–water partition coefficient (Wildman–Crippen LogP) is 2.00. The van der Waals surface area contributed by atoms with Crippen molar-refractivity contribution in [3.8, 4) is 5.75 Å². The molecule has 2 N–H and O–H groups in total. The molecule has 0 aromatic heterocycles. The van der Waals surface area contributed by atoms with E-state index < -0.39 is 11.7 Å². The maximum Gasteiger partial charge on any atom is 0.407 e. The summed E-state index contributed by atoms with van der Waals surface area (Å²) < 4.78 is 10.8. The van der Waals surface area contributed by atoms with Gasteiger partial charge in [0, 0.05) is 32.7 Å². The minimum Gasteiger partial charge on any atom is -0.492 e. The molecular weight excluding hydrogens is 306 g/mol. The van der Waals surface area contributed by atoms with Crippen molar-refractivity contribution < 1.29 is 14.3 Å². The van der Waals surface area contributed by atoms with Gasteiger partial charge in [-0.05, 0) is 38.5 Å². The van der Waals surface area contributed by atoms with Gasteiger partial charge in [-0.25, -0.2) is 4.79 Å². The van der Waals surface area contributed by atoms with Crippen molar-refractivity contribution in [2.45, 2.75) is 32.9 Å². The number of nitrogens with zero attached hydrogens (tertiary/aromatic N) is 1. The molecule has 0 spiro atoms. The third kappa shape index (κ3) is 7.19. The van der Waals surface area contributed by atoms with Gasteiger partial charge in [0.2, 0.25) is 0 Å². The normalized spacial score (nSPS) is 15.8. The second kappa shape index (κ2) is 8.89. The summed E-state index contributed by atoms with van der Waals surface area (Å²) in [5.74, 6) is 0.810. The highest BCUT2D eigenvalue weighted by molar-refractivity contribution is 5.67. The van der Waals surface area contributed by atoms with Gasteiger partial charge in [-0.1, -0.05) is 12.1 Å². The topological polar surface area (TPSA) is 62.8 Å². The highest BCUT2D eigenvalue weighted by Crippen LogP contribution is 2.14. The van der Waals surface area contributed by atoms with Crippen LogP contribution in [0.4, 0.5) is 4.79 Å². The van der Waals surface area contributed by atoms with Gasteiger partial charge >= 0.3 is 6.09 Å². The Labute approximate surface area is 144 Å². The van der Waals surface area contributed by atoms with E-state index in [1.54, 1.807) is 0 Å². The van der Waals surface area contributed by atoms with Gasteiger partial charge in [0.15, 0.2) is 0 Å². The van der Waals surface area contributed by atoms with Gasteiger partial charge in [0.25, 0.3) is 0 Å². The quantitative estimate of drug-likeness (QED) is 0.779. The van der Waals surface area contributed by atoms with E-state index in [1.807, 2.05) is 32.9 Å². The molecule has 1 fully saturated rings. The van der Waals surface area contributed by atoms with Crippen LogP contribution in [-0.2, 0) is 11.3 Å². The van der Waals surface area contributed by atoms with Crippen molar-refractivity contribution in [3.05, 3.63) is 29.8 Å². The number of alkyl carbamates (subject to hydrolysis) is 1. The van der Waals surface area contributed by atoms with Gasteiger partial charge in [0.05, 0.1) is 6.54 Å². The summed E-state index contributed by atoms with van der Waals surface area (Å²) in [7, 11) is 0. The van der Waals surface area contributed by atoms with Crippen LogP contribution in [0.5, 0.6) is 5.75 Å². The zero-order chi connectivity index (χ0) is 17.4. The van der Waals surface area contributed by atoms with Gasteiger partial charge in [0.1, 0.15) is 18.0 Å². The first kappa shape index (κ1) is 18.5. The summed E-state index contributed by atoms with van der Waals surface area (Å²) in [6.45, 7) is 11.6. The molecule has 1 aliphatic rings. The molecule has 0 radical (unpaired) electrons. The summed E-state index contributed by atoms with van der Waals surface area (Å²) in [6, 6.07) is 8.15. The third-order valence-corrected chi connectivity index (χ3v) is 3.58. The summed E-state index contributed by atoms with van der Waals surface area (Å²) >= 11 is 0. The summed E-state index contributed by atoms with van der Waals surface area (Å²) in [5, 5.41) is 6.03. The number of amides is 1. The Balaban J connectivity index is 1.65. The molecule has 1 amide bonds. The lowest BCUT2D eigenvalue weighted by atomic mass is 10.2. The number of hydrogen-bond acceptors (Lipinski definition) is 5. The van der Waals surface area contributed by atoms with Crippen molar-refractivity contribution in [2.24, 2.45) is 0 Å². The highest BCUT2D eigenvalue weighted by Gasteiger charge is 2.15. The molecule has 134 valence electrons. The summed E-state index contributed by atoms with van der Waals surface area (Å²) in [5.41, 5.74) is 0.807. The fourth-order valence-electron chi connectivity index (χ4n) is 2.45. The van der Waals surface area contributed by atoms with Crippen molar-refractivity contribution in [2.75, 3.05) is 39.3 Å². The molecule has 24 heavy (non-hydrogen) atoms. The van der Waals surface area contributed by atoms with E-state index in [1.165, 1.54) is 5.56 Å². The van der Waals surface area contributed by atoms with E-state index in [9.17, 15) is 4.79 Å². The van der Waals surface area contributed by atoms with Crippen LogP contribution in [0.25, 0.3) is 0 Å². The van der Waals surface area contributed by atoms with Crippen LogP contribution in [0, 0.1) is 0 Å². The molecule has 0 aliphatic carbocycles. The summed E-state index contributed by atoms with van der Waals surface area (Å²) in [4.78, 5) is 13.9. The molecule has 1 saturated heterocycles. The monoisotopic (exact) mass is 335 g/mol. The van der Waals surface area contributed by atoms with Crippen LogP contribution < -0.4 is 15.4 Å². The Bertz CT molecular complexity index is 505. The maximum atomic E-state index is 11.5.